The largest absolute Gasteiger partial charge is 0.403 e. The quantitative estimate of drug-likeness (QED) is 0.423. The lowest BCUT2D eigenvalue weighted by molar-refractivity contribution is 0.254. The van der Waals surface area contributed by atoms with Gasteiger partial charge >= 0.3 is 6.03 Å². The fourth-order valence-corrected chi connectivity index (χ4v) is 0.341. The van der Waals surface area contributed by atoms with Gasteiger partial charge in [0.1, 0.15) is 0 Å². The van der Waals surface area contributed by atoms with Crippen molar-refractivity contribution in [2.24, 2.45) is 20.5 Å². The van der Waals surface area contributed by atoms with Gasteiger partial charge in [0, 0.05) is 7.05 Å². The second-order valence-electron chi connectivity index (χ2n) is 1.16. The SMILES string of the molecule is CN=NC(=O)N=NC=S(=O)=O. The molecule has 0 saturated heterocycles. The third kappa shape index (κ3) is 6.45. The van der Waals surface area contributed by atoms with Crippen LogP contribution in [0.15, 0.2) is 20.5 Å². The molecule has 11 heavy (non-hydrogen) atoms. The summed E-state index contributed by atoms with van der Waals surface area (Å²) in [7, 11) is -1.17. The van der Waals surface area contributed by atoms with Crippen LogP contribution in [-0.4, -0.2) is 27.0 Å². The molecule has 60 valence electrons. The number of rotatable bonds is 1. The Morgan fingerprint density at radius 2 is 2.00 bits per heavy atom. The average molecular weight is 176 g/mol. The number of amides is 2. The minimum Gasteiger partial charge on any atom is -0.240 e. The van der Waals surface area contributed by atoms with Gasteiger partial charge in [-0.15, -0.1) is 5.11 Å². The monoisotopic (exact) mass is 176 g/mol. The van der Waals surface area contributed by atoms with Crippen molar-refractivity contribution >= 4 is 21.8 Å². The maximum absolute atomic E-state index is 10.3. The summed E-state index contributed by atoms with van der Waals surface area (Å²) in [5.74, 6) is 0. The molecule has 8 heteroatoms. The van der Waals surface area contributed by atoms with Crippen LogP contribution >= 0.6 is 0 Å². The van der Waals surface area contributed by atoms with Crippen LogP contribution in [0.2, 0.25) is 0 Å². The number of urea groups is 1. The molecule has 0 aromatic heterocycles. The highest BCUT2D eigenvalue weighted by Gasteiger charge is 1.89. The van der Waals surface area contributed by atoms with E-state index in [0.717, 1.165) is 0 Å². The highest BCUT2D eigenvalue weighted by Crippen LogP contribution is 1.82. The van der Waals surface area contributed by atoms with Crippen molar-refractivity contribution < 1.29 is 13.2 Å². The van der Waals surface area contributed by atoms with Crippen LogP contribution in [0.5, 0.6) is 0 Å². The summed E-state index contributed by atoms with van der Waals surface area (Å²) in [4.78, 5) is 10.3. The second-order valence-corrected chi connectivity index (χ2v) is 1.90. The van der Waals surface area contributed by atoms with Crippen LogP contribution in [0.3, 0.4) is 0 Å². The van der Waals surface area contributed by atoms with Gasteiger partial charge in [0.05, 0.1) is 0 Å². The Labute approximate surface area is 63.4 Å². The predicted octanol–water partition coefficient (Wildman–Crippen LogP) is 0.279. The molecular weight excluding hydrogens is 172 g/mol. The lowest BCUT2D eigenvalue weighted by atomic mass is 11.1. The Kier molecular flexibility index (Phi) is 4.65. The van der Waals surface area contributed by atoms with E-state index in [4.69, 9.17) is 0 Å². The number of hydrogen-bond donors (Lipinski definition) is 0. The molecule has 7 nitrogen and oxygen atoms in total. The smallest absolute Gasteiger partial charge is 0.240 e. The first-order valence-electron chi connectivity index (χ1n) is 2.33. The van der Waals surface area contributed by atoms with Gasteiger partial charge in [0.2, 0.25) is 10.3 Å². The molecule has 0 fully saturated rings. The van der Waals surface area contributed by atoms with E-state index in [0.29, 0.717) is 5.49 Å². The first-order chi connectivity index (χ1) is 5.16. The molecular formula is C3H4N4O3S. The lowest BCUT2D eigenvalue weighted by Crippen LogP contribution is -1.79. The molecule has 0 heterocycles. The summed E-state index contributed by atoms with van der Waals surface area (Å²) in [5.41, 5.74) is 0.475. The normalized spacial score (nSPS) is 10.6. The highest BCUT2D eigenvalue weighted by atomic mass is 32.2. The fraction of sp³-hybridized carbons (Fsp3) is 0.333. The van der Waals surface area contributed by atoms with Gasteiger partial charge in [-0.25, -0.2) is 4.79 Å². The molecule has 0 rings (SSSR count). The molecule has 0 radical (unpaired) electrons. The van der Waals surface area contributed by atoms with Gasteiger partial charge in [-0.2, -0.15) is 13.5 Å². The molecule has 0 aliphatic rings. The third-order valence-electron chi connectivity index (χ3n) is 0.462. The number of azo groups is 2. The molecule has 0 spiro atoms. The zero-order valence-corrected chi connectivity index (χ0v) is 6.32. The van der Waals surface area contributed by atoms with E-state index in [1.165, 1.54) is 7.05 Å². The van der Waals surface area contributed by atoms with Crippen molar-refractivity contribution in [2.75, 3.05) is 7.05 Å². The standard InChI is InChI=1S/C3H4N4O3S/c1-4-6-3(8)7-5-2-11(9)10/h2H,1H3. The molecule has 0 unspecified atom stereocenters. The van der Waals surface area contributed by atoms with E-state index in [-0.39, 0.29) is 0 Å². The van der Waals surface area contributed by atoms with Crippen molar-refractivity contribution in [3.05, 3.63) is 0 Å². The Morgan fingerprint density at radius 3 is 2.45 bits per heavy atom. The van der Waals surface area contributed by atoms with Gasteiger partial charge in [0.25, 0.3) is 0 Å². The predicted molar refractivity (Wildman–Crippen MR) is 36.0 cm³/mol. The van der Waals surface area contributed by atoms with Crippen molar-refractivity contribution in [3.8, 4) is 0 Å². The maximum atomic E-state index is 10.3. The Hall–Kier alpha value is -1.44. The average Bonchev–Trinajstić information content (AvgIpc) is 1.87. The van der Waals surface area contributed by atoms with Crippen LogP contribution in [0.4, 0.5) is 4.79 Å². The first-order valence-corrected chi connectivity index (χ1v) is 3.46. The third-order valence-corrected chi connectivity index (χ3v) is 0.728. The highest BCUT2D eigenvalue weighted by molar-refractivity contribution is 7.71. The van der Waals surface area contributed by atoms with Gasteiger partial charge in [-0.3, -0.25) is 0 Å². The summed E-state index contributed by atoms with van der Waals surface area (Å²) >= 11 is 0. The first kappa shape index (κ1) is 9.56. The Morgan fingerprint density at radius 1 is 1.36 bits per heavy atom. The number of carbonyl (C=O) groups is 1. The Bertz CT molecular complexity index is 305. The zero-order chi connectivity index (χ0) is 8.69. The molecule has 0 aliphatic heterocycles. The van der Waals surface area contributed by atoms with E-state index >= 15 is 0 Å². The van der Waals surface area contributed by atoms with Crippen molar-refractivity contribution in [2.45, 2.75) is 0 Å². The van der Waals surface area contributed by atoms with Crippen LogP contribution in [0.1, 0.15) is 0 Å². The van der Waals surface area contributed by atoms with Crippen molar-refractivity contribution in [1.29, 1.82) is 0 Å². The van der Waals surface area contributed by atoms with Crippen LogP contribution in [-0.2, 0) is 10.3 Å². The lowest BCUT2D eigenvalue weighted by Gasteiger charge is -1.73. The number of hydrogen-bond acceptors (Lipinski definition) is 4. The van der Waals surface area contributed by atoms with Crippen molar-refractivity contribution in [1.82, 2.24) is 0 Å². The molecule has 0 aliphatic carbocycles. The van der Waals surface area contributed by atoms with E-state index in [1.807, 2.05) is 0 Å². The minimum atomic E-state index is -2.45. The molecule has 0 saturated carbocycles. The summed E-state index contributed by atoms with van der Waals surface area (Å²) in [6.07, 6.45) is 0. The second kappa shape index (κ2) is 5.35. The maximum Gasteiger partial charge on any atom is 0.403 e. The molecule has 0 atom stereocenters. The van der Waals surface area contributed by atoms with E-state index in [1.54, 1.807) is 0 Å². The summed E-state index contributed by atoms with van der Waals surface area (Å²) in [6, 6.07) is -0.950. The molecule has 0 bridgehead atoms. The zero-order valence-electron chi connectivity index (χ0n) is 5.50. The number of carbonyl (C=O) groups excluding carboxylic acids is 1. The van der Waals surface area contributed by atoms with Crippen LogP contribution in [0, 0.1) is 0 Å². The van der Waals surface area contributed by atoms with E-state index < -0.39 is 16.3 Å². The van der Waals surface area contributed by atoms with Gasteiger partial charge in [-0.1, -0.05) is 10.2 Å². The molecule has 2 amide bonds. The van der Waals surface area contributed by atoms with Gasteiger partial charge in [-0.05, 0) is 0 Å². The van der Waals surface area contributed by atoms with Gasteiger partial charge in [0.15, 0.2) is 5.49 Å². The van der Waals surface area contributed by atoms with Crippen molar-refractivity contribution in [3.63, 3.8) is 0 Å². The topological polar surface area (TPSA) is 101 Å². The van der Waals surface area contributed by atoms with E-state index in [9.17, 15) is 13.2 Å². The molecule has 0 aromatic rings. The van der Waals surface area contributed by atoms with Gasteiger partial charge < -0.3 is 0 Å². The summed E-state index contributed by atoms with van der Waals surface area (Å²) in [6.45, 7) is 0. The van der Waals surface area contributed by atoms with Crippen LogP contribution < -0.4 is 0 Å². The van der Waals surface area contributed by atoms with E-state index in [2.05, 4.69) is 20.5 Å². The summed E-state index contributed by atoms with van der Waals surface area (Å²) in [5, 5.41) is 11.7. The fourth-order valence-electron chi connectivity index (χ4n) is 0.217. The minimum absolute atomic E-state index is 0.475. The molecule has 0 N–H and O–H groups in total. The molecule has 0 aromatic carbocycles. The Balaban J connectivity index is 4.16. The summed E-state index contributed by atoms with van der Waals surface area (Å²) < 4.78 is 19.5. The number of nitrogens with zero attached hydrogens (tertiary/aromatic N) is 4. The van der Waals surface area contributed by atoms with Crippen LogP contribution in [0.25, 0.3) is 0 Å².